The molecule has 0 aromatic heterocycles. The van der Waals surface area contributed by atoms with E-state index in [-0.39, 0.29) is 16.4 Å². The highest BCUT2D eigenvalue weighted by Crippen LogP contribution is 2.17. The molecule has 112 valence electrons. The molecule has 0 saturated heterocycles. The van der Waals surface area contributed by atoms with Crippen LogP contribution in [0.5, 0.6) is 0 Å². The standard InChI is InChI=1S/C13H18FNO4S/c1-8(2)12(13(16)19-4)15-20(17,18)11-6-5-10(14)7-9(11)3/h5-8,12,15H,1-4H3/t12-/m0/s1. The van der Waals surface area contributed by atoms with Gasteiger partial charge in [-0.3, -0.25) is 4.79 Å². The van der Waals surface area contributed by atoms with Crippen LogP contribution in [0.4, 0.5) is 4.39 Å². The lowest BCUT2D eigenvalue weighted by Gasteiger charge is -2.20. The number of aryl methyl sites for hydroxylation is 1. The van der Waals surface area contributed by atoms with Crippen LogP contribution in [-0.2, 0) is 19.6 Å². The summed E-state index contributed by atoms with van der Waals surface area (Å²) in [5, 5.41) is 0. The van der Waals surface area contributed by atoms with E-state index in [0.717, 1.165) is 12.1 Å². The van der Waals surface area contributed by atoms with E-state index < -0.39 is 27.9 Å². The Balaban J connectivity index is 3.13. The Labute approximate surface area is 118 Å². The second-order valence-corrected chi connectivity index (χ2v) is 6.46. The Hall–Kier alpha value is -1.47. The third kappa shape index (κ3) is 3.77. The van der Waals surface area contributed by atoms with Crippen LogP contribution in [0.1, 0.15) is 19.4 Å². The molecule has 1 rings (SSSR count). The molecule has 0 aliphatic heterocycles. The van der Waals surface area contributed by atoms with Gasteiger partial charge in [-0.1, -0.05) is 13.8 Å². The number of carbonyl (C=O) groups is 1. The number of methoxy groups -OCH3 is 1. The Morgan fingerprint density at radius 2 is 1.95 bits per heavy atom. The Morgan fingerprint density at radius 1 is 1.35 bits per heavy atom. The van der Waals surface area contributed by atoms with Gasteiger partial charge in [0.2, 0.25) is 10.0 Å². The van der Waals surface area contributed by atoms with E-state index in [1.165, 1.54) is 20.1 Å². The molecular weight excluding hydrogens is 285 g/mol. The molecule has 1 aromatic carbocycles. The minimum atomic E-state index is -3.92. The molecule has 0 fully saturated rings. The van der Waals surface area contributed by atoms with Crippen LogP contribution in [0.15, 0.2) is 23.1 Å². The van der Waals surface area contributed by atoms with Crippen molar-refractivity contribution in [1.82, 2.24) is 4.72 Å². The van der Waals surface area contributed by atoms with Crippen LogP contribution in [0, 0.1) is 18.7 Å². The third-order valence-corrected chi connectivity index (χ3v) is 4.43. The van der Waals surface area contributed by atoms with E-state index >= 15 is 0 Å². The molecular formula is C13H18FNO4S. The summed E-state index contributed by atoms with van der Waals surface area (Å²) in [7, 11) is -2.73. The first-order valence-electron chi connectivity index (χ1n) is 6.05. The lowest BCUT2D eigenvalue weighted by molar-refractivity contribution is -0.143. The van der Waals surface area contributed by atoms with Crippen molar-refractivity contribution in [3.63, 3.8) is 0 Å². The number of rotatable bonds is 5. The minimum absolute atomic E-state index is 0.0616. The Morgan fingerprint density at radius 3 is 2.40 bits per heavy atom. The first-order chi connectivity index (χ1) is 9.19. The Kier molecular flexibility index (Phi) is 5.24. The molecule has 20 heavy (non-hydrogen) atoms. The first kappa shape index (κ1) is 16.6. The molecule has 0 aliphatic carbocycles. The van der Waals surface area contributed by atoms with Gasteiger partial charge in [0.15, 0.2) is 0 Å². The summed E-state index contributed by atoms with van der Waals surface area (Å²) >= 11 is 0. The van der Waals surface area contributed by atoms with Gasteiger partial charge in [0.25, 0.3) is 0 Å². The summed E-state index contributed by atoms with van der Waals surface area (Å²) in [6.07, 6.45) is 0. The highest BCUT2D eigenvalue weighted by molar-refractivity contribution is 7.89. The molecule has 1 aromatic rings. The lowest BCUT2D eigenvalue weighted by Crippen LogP contribution is -2.45. The zero-order valence-electron chi connectivity index (χ0n) is 11.8. The maximum atomic E-state index is 13.0. The fraction of sp³-hybridized carbons (Fsp3) is 0.462. The van der Waals surface area contributed by atoms with Crippen LogP contribution < -0.4 is 4.72 Å². The van der Waals surface area contributed by atoms with Crippen molar-refractivity contribution in [2.75, 3.05) is 7.11 Å². The summed E-state index contributed by atoms with van der Waals surface area (Å²) < 4.78 is 44.4. The number of nitrogens with one attached hydrogen (secondary N) is 1. The van der Waals surface area contributed by atoms with Gasteiger partial charge in [-0.2, -0.15) is 4.72 Å². The molecule has 0 amide bonds. The van der Waals surface area contributed by atoms with Gasteiger partial charge in [0.05, 0.1) is 12.0 Å². The van der Waals surface area contributed by atoms with Gasteiger partial charge in [-0.05, 0) is 36.6 Å². The molecule has 0 unspecified atom stereocenters. The third-order valence-electron chi connectivity index (χ3n) is 2.83. The lowest BCUT2D eigenvalue weighted by atomic mass is 10.1. The molecule has 0 radical (unpaired) electrons. The van der Waals surface area contributed by atoms with Crippen molar-refractivity contribution >= 4 is 16.0 Å². The predicted molar refractivity (Wildman–Crippen MR) is 72.1 cm³/mol. The number of halogens is 1. The van der Waals surface area contributed by atoms with E-state index in [0.29, 0.717) is 0 Å². The number of benzene rings is 1. The number of carbonyl (C=O) groups excluding carboxylic acids is 1. The highest BCUT2D eigenvalue weighted by atomic mass is 32.2. The van der Waals surface area contributed by atoms with E-state index in [1.807, 2.05) is 0 Å². The number of sulfonamides is 1. The summed E-state index contributed by atoms with van der Waals surface area (Å²) in [6.45, 7) is 4.88. The van der Waals surface area contributed by atoms with Crippen molar-refractivity contribution in [2.24, 2.45) is 5.92 Å². The van der Waals surface area contributed by atoms with E-state index in [4.69, 9.17) is 0 Å². The summed E-state index contributed by atoms with van der Waals surface area (Å²) in [5.74, 6) is -1.46. The van der Waals surface area contributed by atoms with Crippen LogP contribution in [-0.4, -0.2) is 27.5 Å². The fourth-order valence-electron chi connectivity index (χ4n) is 1.73. The van der Waals surface area contributed by atoms with Crippen molar-refractivity contribution in [3.8, 4) is 0 Å². The molecule has 0 heterocycles. The van der Waals surface area contributed by atoms with Gasteiger partial charge in [0, 0.05) is 0 Å². The maximum absolute atomic E-state index is 13.0. The summed E-state index contributed by atoms with van der Waals surface area (Å²) in [5.41, 5.74) is 0.268. The number of hydrogen-bond acceptors (Lipinski definition) is 4. The van der Waals surface area contributed by atoms with E-state index in [2.05, 4.69) is 9.46 Å². The predicted octanol–water partition coefficient (Wildman–Crippen LogP) is 1.61. The molecule has 0 spiro atoms. The average molecular weight is 303 g/mol. The molecule has 7 heteroatoms. The number of hydrogen-bond donors (Lipinski definition) is 1. The van der Waals surface area contributed by atoms with Crippen LogP contribution in [0.3, 0.4) is 0 Å². The monoisotopic (exact) mass is 303 g/mol. The average Bonchev–Trinajstić information content (AvgIpc) is 2.34. The van der Waals surface area contributed by atoms with Crippen LogP contribution in [0.25, 0.3) is 0 Å². The SMILES string of the molecule is COC(=O)[C@@H](NS(=O)(=O)c1ccc(F)cc1C)C(C)C. The molecule has 0 saturated carbocycles. The van der Waals surface area contributed by atoms with Crippen LogP contribution >= 0.6 is 0 Å². The summed E-state index contributed by atoms with van der Waals surface area (Å²) in [4.78, 5) is 11.5. The quantitative estimate of drug-likeness (QED) is 0.839. The van der Waals surface area contributed by atoms with Gasteiger partial charge in [-0.25, -0.2) is 12.8 Å². The zero-order chi connectivity index (χ0) is 15.5. The molecule has 0 bridgehead atoms. The van der Waals surface area contributed by atoms with Gasteiger partial charge in [-0.15, -0.1) is 0 Å². The van der Waals surface area contributed by atoms with Gasteiger partial charge >= 0.3 is 5.97 Å². The molecule has 1 atom stereocenters. The van der Waals surface area contributed by atoms with E-state index in [9.17, 15) is 17.6 Å². The normalized spacial score (nSPS) is 13.3. The van der Waals surface area contributed by atoms with Crippen molar-refractivity contribution in [1.29, 1.82) is 0 Å². The second kappa shape index (κ2) is 6.32. The molecule has 5 nitrogen and oxygen atoms in total. The second-order valence-electron chi connectivity index (χ2n) is 4.78. The molecule has 1 N–H and O–H groups in total. The first-order valence-corrected chi connectivity index (χ1v) is 7.53. The van der Waals surface area contributed by atoms with E-state index in [1.54, 1.807) is 13.8 Å². The van der Waals surface area contributed by atoms with Crippen LogP contribution in [0.2, 0.25) is 0 Å². The maximum Gasteiger partial charge on any atom is 0.324 e. The van der Waals surface area contributed by atoms with Crippen molar-refractivity contribution in [3.05, 3.63) is 29.6 Å². The highest BCUT2D eigenvalue weighted by Gasteiger charge is 2.29. The minimum Gasteiger partial charge on any atom is -0.468 e. The molecule has 0 aliphatic rings. The topological polar surface area (TPSA) is 72.5 Å². The summed E-state index contributed by atoms with van der Waals surface area (Å²) in [6, 6.07) is 2.36. The number of esters is 1. The van der Waals surface area contributed by atoms with Crippen molar-refractivity contribution in [2.45, 2.75) is 31.7 Å². The fourth-order valence-corrected chi connectivity index (χ4v) is 3.29. The number of ether oxygens (including phenoxy) is 1. The largest absolute Gasteiger partial charge is 0.468 e. The smallest absolute Gasteiger partial charge is 0.324 e. The zero-order valence-corrected chi connectivity index (χ0v) is 12.6. The Bertz CT molecular complexity index is 598. The van der Waals surface area contributed by atoms with Gasteiger partial charge < -0.3 is 4.74 Å². The van der Waals surface area contributed by atoms with Gasteiger partial charge in [0.1, 0.15) is 11.9 Å². The van der Waals surface area contributed by atoms with Crippen molar-refractivity contribution < 1.29 is 22.3 Å².